The zero-order valence-corrected chi connectivity index (χ0v) is 25.9. The van der Waals surface area contributed by atoms with Gasteiger partial charge in [0.2, 0.25) is 0 Å². The van der Waals surface area contributed by atoms with Gasteiger partial charge in [0, 0.05) is 42.6 Å². The average Bonchev–Trinajstić information content (AvgIpc) is 3.43. The van der Waals surface area contributed by atoms with Crippen molar-refractivity contribution in [2.24, 2.45) is 11.8 Å². The second-order valence-electron chi connectivity index (χ2n) is 11.8. The number of aryl methyl sites for hydroxylation is 2. The zero-order valence-electron chi connectivity index (χ0n) is 24.3. The SMILES string of the molecule is Cc1cccnc1-n1c(C)cc([C@@H]2[C@@H](c3ccccn3)NC(=S)N2c2ccc(N3C[C@H](C)C[C@H](C)C3)c(Cl)c2)c1C. The van der Waals surface area contributed by atoms with Gasteiger partial charge >= 0.3 is 0 Å². The van der Waals surface area contributed by atoms with Crippen molar-refractivity contribution in [1.82, 2.24) is 19.9 Å². The van der Waals surface area contributed by atoms with Crippen LogP contribution in [0.4, 0.5) is 11.4 Å². The Balaban J connectivity index is 1.45. The molecule has 2 saturated heterocycles. The third-order valence-corrected chi connectivity index (χ3v) is 9.12. The number of pyridine rings is 2. The zero-order chi connectivity index (χ0) is 28.8. The lowest BCUT2D eigenvalue weighted by Crippen LogP contribution is -2.38. The number of nitrogens with zero attached hydrogens (tertiary/aromatic N) is 5. The van der Waals surface area contributed by atoms with Crippen molar-refractivity contribution in [2.75, 3.05) is 22.9 Å². The van der Waals surface area contributed by atoms with Gasteiger partial charge in [0.1, 0.15) is 5.82 Å². The van der Waals surface area contributed by atoms with Crippen LogP contribution in [0.25, 0.3) is 5.82 Å². The molecule has 0 unspecified atom stereocenters. The van der Waals surface area contributed by atoms with Gasteiger partial charge in [0.25, 0.3) is 0 Å². The molecule has 6 rings (SSSR count). The fourth-order valence-corrected chi connectivity index (χ4v) is 7.48. The second-order valence-corrected chi connectivity index (χ2v) is 12.6. The van der Waals surface area contributed by atoms with Gasteiger partial charge < -0.3 is 19.7 Å². The Morgan fingerprint density at radius 2 is 1.68 bits per heavy atom. The first-order chi connectivity index (χ1) is 19.7. The van der Waals surface area contributed by atoms with E-state index in [0.29, 0.717) is 16.9 Å². The summed E-state index contributed by atoms with van der Waals surface area (Å²) in [5, 5.41) is 5.01. The van der Waals surface area contributed by atoms with Gasteiger partial charge in [-0.05, 0) is 105 Å². The Bertz CT molecular complexity index is 1570. The molecule has 0 bridgehead atoms. The molecular formula is C33H37ClN6S. The number of aromatic nitrogens is 3. The molecule has 0 spiro atoms. The summed E-state index contributed by atoms with van der Waals surface area (Å²) in [4.78, 5) is 14.1. The van der Waals surface area contributed by atoms with Gasteiger partial charge in [-0.25, -0.2) is 4.98 Å². The lowest BCUT2D eigenvalue weighted by Gasteiger charge is -2.37. The third-order valence-electron chi connectivity index (χ3n) is 8.50. The summed E-state index contributed by atoms with van der Waals surface area (Å²) >= 11 is 13.1. The smallest absolute Gasteiger partial charge is 0.174 e. The lowest BCUT2D eigenvalue weighted by molar-refractivity contribution is 0.357. The minimum Gasteiger partial charge on any atom is -0.370 e. The monoisotopic (exact) mass is 584 g/mol. The van der Waals surface area contributed by atoms with Gasteiger partial charge in [0.05, 0.1) is 28.5 Å². The number of hydrogen-bond acceptors (Lipinski definition) is 4. The molecule has 41 heavy (non-hydrogen) atoms. The van der Waals surface area contributed by atoms with E-state index in [0.717, 1.165) is 58.0 Å². The van der Waals surface area contributed by atoms with Gasteiger partial charge in [-0.1, -0.05) is 37.6 Å². The molecule has 212 valence electrons. The van der Waals surface area contributed by atoms with Gasteiger partial charge in [-0.3, -0.25) is 4.98 Å². The third kappa shape index (κ3) is 5.10. The summed E-state index contributed by atoms with van der Waals surface area (Å²) in [5.41, 5.74) is 7.56. The molecule has 4 atom stereocenters. The highest BCUT2D eigenvalue weighted by Gasteiger charge is 2.42. The maximum atomic E-state index is 7.03. The first kappa shape index (κ1) is 27.7. The minimum absolute atomic E-state index is 0.127. The summed E-state index contributed by atoms with van der Waals surface area (Å²) in [5.74, 6) is 2.23. The highest BCUT2D eigenvalue weighted by molar-refractivity contribution is 7.80. The number of nitrogens with one attached hydrogen (secondary N) is 1. The van der Waals surface area contributed by atoms with Crippen LogP contribution in [0.3, 0.4) is 0 Å². The number of rotatable bonds is 5. The van der Waals surface area contributed by atoms with Crippen LogP contribution in [0.5, 0.6) is 0 Å². The topological polar surface area (TPSA) is 49.2 Å². The molecule has 2 fully saturated rings. The standard InChI is InChI=1S/C33H37ClN6S/c1-20-15-21(2)19-38(18-20)29-12-11-25(17-27(29)34)40-31(30(37-33(40)41)28-10-6-7-13-35-28)26-16-23(4)39(24(26)5)32-22(3)9-8-14-36-32/h6-14,16-17,20-21,30-31H,15,18-19H2,1-5H3,(H,37,41)/t20-,21+,30-,31-/m1/s1. The van der Waals surface area contributed by atoms with E-state index >= 15 is 0 Å². The maximum absolute atomic E-state index is 7.03. The maximum Gasteiger partial charge on any atom is 0.174 e. The molecule has 0 radical (unpaired) electrons. The summed E-state index contributed by atoms with van der Waals surface area (Å²) < 4.78 is 2.24. The van der Waals surface area contributed by atoms with Crippen LogP contribution in [0.1, 0.15) is 60.6 Å². The highest BCUT2D eigenvalue weighted by atomic mass is 35.5. The quantitative estimate of drug-likeness (QED) is 0.245. The first-order valence-electron chi connectivity index (χ1n) is 14.4. The number of piperidine rings is 1. The van der Waals surface area contributed by atoms with Crippen LogP contribution in [-0.4, -0.2) is 32.7 Å². The Hall–Kier alpha value is -3.42. The van der Waals surface area contributed by atoms with E-state index in [1.54, 1.807) is 0 Å². The van der Waals surface area contributed by atoms with Crippen molar-refractivity contribution in [2.45, 2.75) is 53.1 Å². The molecule has 0 amide bonds. The van der Waals surface area contributed by atoms with Crippen LogP contribution >= 0.6 is 23.8 Å². The molecule has 2 aliphatic rings. The van der Waals surface area contributed by atoms with Crippen LogP contribution in [0.2, 0.25) is 5.02 Å². The van der Waals surface area contributed by atoms with E-state index < -0.39 is 0 Å². The van der Waals surface area contributed by atoms with Crippen LogP contribution in [0.15, 0.2) is 67.0 Å². The molecule has 0 aliphatic carbocycles. The molecule has 4 aromatic rings. The van der Waals surface area contributed by atoms with Crippen molar-refractivity contribution >= 4 is 40.3 Å². The molecule has 6 nitrogen and oxygen atoms in total. The normalized spacial score (nSPS) is 22.7. The fraction of sp³-hybridized carbons (Fsp3) is 0.364. The molecule has 0 saturated carbocycles. The molecule has 8 heteroatoms. The Morgan fingerprint density at radius 1 is 0.927 bits per heavy atom. The fourth-order valence-electron chi connectivity index (χ4n) is 6.84. The van der Waals surface area contributed by atoms with Crippen molar-refractivity contribution in [3.8, 4) is 5.82 Å². The van der Waals surface area contributed by atoms with Crippen LogP contribution in [0, 0.1) is 32.6 Å². The molecule has 2 aliphatic heterocycles. The molecule has 1 N–H and O–H groups in total. The number of thiocarbonyl (C=S) groups is 1. The van der Waals surface area contributed by atoms with E-state index in [1.165, 1.54) is 12.0 Å². The first-order valence-corrected chi connectivity index (χ1v) is 15.2. The predicted molar refractivity (Wildman–Crippen MR) is 172 cm³/mol. The van der Waals surface area contributed by atoms with Crippen LogP contribution < -0.4 is 15.1 Å². The summed E-state index contributed by atoms with van der Waals surface area (Å²) in [6, 6.07) is 18.5. The summed E-state index contributed by atoms with van der Waals surface area (Å²) in [6.45, 7) is 13.1. The second kappa shape index (κ2) is 11.1. The van der Waals surface area contributed by atoms with E-state index in [2.05, 4.69) is 90.7 Å². The number of benzene rings is 1. The van der Waals surface area contributed by atoms with Crippen molar-refractivity contribution in [1.29, 1.82) is 0 Å². The number of anilines is 2. The molecule has 1 aromatic carbocycles. The summed E-state index contributed by atoms with van der Waals surface area (Å²) in [7, 11) is 0. The molecule has 5 heterocycles. The van der Waals surface area contributed by atoms with Gasteiger partial charge in [-0.2, -0.15) is 0 Å². The lowest BCUT2D eigenvalue weighted by atomic mass is 9.91. The van der Waals surface area contributed by atoms with Gasteiger partial charge in [0.15, 0.2) is 5.11 Å². The summed E-state index contributed by atoms with van der Waals surface area (Å²) in [6.07, 6.45) is 4.95. The average molecular weight is 585 g/mol. The van der Waals surface area contributed by atoms with E-state index in [4.69, 9.17) is 33.8 Å². The van der Waals surface area contributed by atoms with Crippen molar-refractivity contribution in [3.05, 3.63) is 100 Å². The van der Waals surface area contributed by atoms with Crippen molar-refractivity contribution < 1.29 is 0 Å². The Morgan fingerprint density at radius 3 is 2.37 bits per heavy atom. The van der Waals surface area contributed by atoms with E-state index in [9.17, 15) is 0 Å². The van der Waals surface area contributed by atoms with Crippen LogP contribution in [-0.2, 0) is 0 Å². The highest BCUT2D eigenvalue weighted by Crippen LogP contribution is 2.45. The number of hydrogen-bond donors (Lipinski definition) is 1. The Kier molecular flexibility index (Phi) is 7.51. The van der Waals surface area contributed by atoms with E-state index in [1.807, 2.05) is 30.6 Å². The van der Waals surface area contributed by atoms with Crippen molar-refractivity contribution in [3.63, 3.8) is 0 Å². The molecule has 3 aromatic heterocycles. The largest absolute Gasteiger partial charge is 0.370 e. The van der Waals surface area contributed by atoms with E-state index in [-0.39, 0.29) is 12.1 Å². The molecular weight excluding hydrogens is 548 g/mol. The Labute approximate surface area is 253 Å². The predicted octanol–water partition coefficient (Wildman–Crippen LogP) is 7.51. The van der Waals surface area contributed by atoms with Gasteiger partial charge in [-0.15, -0.1) is 0 Å². The number of halogens is 1. The minimum atomic E-state index is -0.135.